The van der Waals surface area contributed by atoms with Crippen molar-refractivity contribution in [3.8, 4) is 0 Å². The molecule has 142 valence electrons. The van der Waals surface area contributed by atoms with Crippen molar-refractivity contribution in [2.45, 2.75) is 31.7 Å². The van der Waals surface area contributed by atoms with Gasteiger partial charge in [0.25, 0.3) is 5.56 Å². The number of aryl methyl sites for hydroxylation is 1. The van der Waals surface area contributed by atoms with E-state index in [2.05, 4.69) is 4.98 Å². The molecule has 0 aliphatic heterocycles. The van der Waals surface area contributed by atoms with Crippen molar-refractivity contribution < 1.29 is 8.42 Å². The van der Waals surface area contributed by atoms with Crippen LogP contribution in [0.25, 0.3) is 10.9 Å². The lowest BCUT2D eigenvalue weighted by Gasteiger charge is -2.21. The van der Waals surface area contributed by atoms with Crippen LogP contribution in [0.2, 0.25) is 5.02 Å². The maximum atomic E-state index is 13.0. The zero-order chi connectivity index (χ0) is 19.6. The van der Waals surface area contributed by atoms with E-state index in [9.17, 15) is 13.2 Å². The minimum absolute atomic E-state index is 0.0119. The summed E-state index contributed by atoms with van der Waals surface area (Å²) in [7, 11) is -3.73. The predicted octanol–water partition coefficient (Wildman–Crippen LogP) is 4.09. The van der Waals surface area contributed by atoms with E-state index in [1.54, 1.807) is 18.2 Å². The average molecular weight is 405 g/mol. The fourth-order valence-electron chi connectivity index (χ4n) is 2.97. The summed E-state index contributed by atoms with van der Waals surface area (Å²) in [6.07, 6.45) is 0.636. The van der Waals surface area contributed by atoms with Gasteiger partial charge in [-0.25, -0.2) is 8.42 Å². The summed E-state index contributed by atoms with van der Waals surface area (Å²) in [5, 5.41) is 1.35. The van der Waals surface area contributed by atoms with E-state index in [-0.39, 0.29) is 17.0 Å². The molecule has 1 N–H and O–H groups in total. The average Bonchev–Trinajstić information content (AvgIpc) is 2.62. The molecule has 0 bridgehead atoms. The van der Waals surface area contributed by atoms with E-state index < -0.39 is 10.0 Å². The quantitative estimate of drug-likeness (QED) is 0.672. The Morgan fingerprint density at radius 2 is 1.78 bits per heavy atom. The number of fused-ring (bicyclic) bond motifs is 1. The molecule has 2 aromatic carbocycles. The zero-order valence-electron chi connectivity index (χ0n) is 15.2. The van der Waals surface area contributed by atoms with Crippen molar-refractivity contribution >= 4 is 32.5 Å². The van der Waals surface area contributed by atoms with Crippen molar-refractivity contribution in [3.63, 3.8) is 0 Å². The Bertz CT molecular complexity index is 1120. The van der Waals surface area contributed by atoms with Crippen LogP contribution in [0.3, 0.4) is 0 Å². The Morgan fingerprint density at radius 3 is 2.44 bits per heavy atom. The Hall–Kier alpha value is -2.15. The zero-order valence-corrected chi connectivity index (χ0v) is 16.8. The number of pyridine rings is 1. The molecule has 1 heterocycles. The maximum Gasteiger partial charge on any atom is 0.252 e. The van der Waals surface area contributed by atoms with Gasteiger partial charge in [-0.15, -0.1) is 0 Å². The molecule has 0 radical (unpaired) electrons. The van der Waals surface area contributed by atoms with Gasteiger partial charge in [0.15, 0.2) is 0 Å². The van der Waals surface area contributed by atoms with Gasteiger partial charge in [0.1, 0.15) is 0 Å². The molecule has 0 atom stereocenters. The van der Waals surface area contributed by atoms with Gasteiger partial charge >= 0.3 is 0 Å². The number of benzene rings is 2. The molecular formula is C20H21ClN2O3S. The third kappa shape index (κ3) is 4.24. The van der Waals surface area contributed by atoms with E-state index in [0.29, 0.717) is 23.6 Å². The lowest BCUT2D eigenvalue weighted by atomic mass is 10.1. The molecule has 0 amide bonds. The van der Waals surface area contributed by atoms with Crippen LogP contribution in [0.15, 0.2) is 58.2 Å². The monoisotopic (exact) mass is 404 g/mol. The van der Waals surface area contributed by atoms with Crippen molar-refractivity contribution in [1.29, 1.82) is 0 Å². The van der Waals surface area contributed by atoms with Crippen LogP contribution in [-0.2, 0) is 16.6 Å². The highest BCUT2D eigenvalue weighted by molar-refractivity contribution is 7.89. The number of nitrogens with zero attached hydrogens (tertiary/aromatic N) is 1. The van der Waals surface area contributed by atoms with Crippen LogP contribution in [0.4, 0.5) is 0 Å². The molecule has 0 aliphatic rings. The second-order valence-electron chi connectivity index (χ2n) is 6.51. The third-order valence-corrected chi connectivity index (χ3v) is 6.46. The number of aromatic nitrogens is 1. The second kappa shape index (κ2) is 7.84. The highest BCUT2D eigenvalue weighted by atomic mass is 35.5. The van der Waals surface area contributed by atoms with Gasteiger partial charge in [-0.1, -0.05) is 30.2 Å². The van der Waals surface area contributed by atoms with Gasteiger partial charge in [0.2, 0.25) is 10.0 Å². The van der Waals surface area contributed by atoms with E-state index in [4.69, 9.17) is 11.6 Å². The number of nitrogens with one attached hydrogen (secondary N) is 1. The summed E-state index contributed by atoms with van der Waals surface area (Å²) in [4.78, 5) is 15.5. The number of hydrogen-bond acceptors (Lipinski definition) is 3. The first-order valence-electron chi connectivity index (χ1n) is 8.69. The molecule has 3 aromatic rings. The minimum Gasteiger partial charge on any atom is -0.322 e. The first-order chi connectivity index (χ1) is 12.8. The summed E-state index contributed by atoms with van der Waals surface area (Å²) in [6, 6.07) is 13.6. The summed E-state index contributed by atoms with van der Waals surface area (Å²) in [5.41, 5.74) is 1.94. The molecule has 1 aromatic heterocycles. The molecule has 0 fully saturated rings. The van der Waals surface area contributed by atoms with Crippen LogP contribution in [-0.4, -0.2) is 24.3 Å². The molecule has 7 heteroatoms. The van der Waals surface area contributed by atoms with Crippen LogP contribution in [0, 0.1) is 6.92 Å². The van der Waals surface area contributed by atoms with Gasteiger partial charge in [-0.05, 0) is 61.2 Å². The summed E-state index contributed by atoms with van der Waals surface area (Å²) < 4.78 is 27.4. The Kier molecular flexibility index (Phi) is 5.69. The van der Waals surface area contributed by atoms with Crippen molar-refractivity contribution in [1.82, 2.24) is 9.29 Å². The molecule has 0 saturated heterocycles. The lowest BCUT2D eigenvalue weighted by molar-refractivity contribution is 0.404. The number of H-pyrrole nitrogens is 1. The van der Waals surface area contributed by atoms with Crippen molar-refractivity contribution in [3.05, 3.63) is 75.0 Å². The highest BCUT2D eigenvalue weighted by Gasteiger charge is 2.25. The predicted molar refractivity (Wildman–Crippen MR) is 109 cm³/mol. The Morgan fingerprint density at radius 1 is 1.07 bits per heavy atom. The molecule has 0 saturated carbocycles. The van der Waals surface area contributed by atoms with Gasteiger partial charge in [0, 0.05) is 29.2 Å². The number of rotatable bonds is 6. The normalized spacial score (nSPS) is 12.0. The number of sulfonamides is 1. The minimum atomic E-state index is -3.73. The standard InChI is InChI=1S/C20H21ClN2O3S/c1-3-10-23(27(25,26)18-7-5-17(21)6-8-18)13-16-12-15-11-14(2)4-9-19(15)22-20(16)24/h4-9,11-12H,3,10,13H2,1-2H3,(H,22,24). The first-order valence-corrected chi connectivity index (χ1v) is 10.5. The molecular weight excluding hydrogens is 384 g/mol. The molecule has 0 aliphatic carbocycles. The van der Waals surface area contributed by atoms with Gasteiger partial charge in [-0.2, -0.15) is 4.31 Å². The number of hydrogen-bond donors (Lipinski definition) is 1. The van der Waals surface area contributed by atoms with E-state index in [0.717, 1.165) is 16.5 Å². The van der Waals surface area contributed by atoms with E-state index >= 15 is 0 Å². The number of halogens is 1. The summed E-state index contributed by atoms with van der Waals surface area (Å²) in [6.45, 7) is 4.20. The van der Waals surface area contributed by atoms with Gasteiger partial charge in [-0.3, -0.25) is 4.79 Å². The Balaban J connectivity index is 2.01. The van der Waals surface area contributed by atoms with Crippen LogP contribution in [0.5, 0.6) is 0 Å². The molecule has 0 spiro atoms. The van der Waals surface area contributed by atoms with Crippen molar-refractivity contribution in [2.75, 3.05) is 6.54 Å². The van der Waals surface area contributed by atoms with Crippen LogP contribution in [0.1, 0.15) is 24.5 Å². The molecule has 3 rings (SSSR count). The summed E-state index contributed by atoms with van der Waals surface area (Å²) in [5.74, 6) is 0. The van der Waals surface area contributed by atoms with E-state index in [1.165, 1.54) is 16.4 Å². The second-order valence-corrected chi connectivity index (χ2v) is 8.88. The first kappa shape index (κ1) is 19.6. The topological polar surface area (TPSA) is 70.2 Å². The van der Waals surface area contributed by atoms with Gasteiger partial charge in [0.05, 0.1) is 4.90 Å². The molecule has 27 heavy (non-hydrogen) atoms. The SMILES string of the molecule is CCCN(Cc1cc2cc(C)ccc2[nH]c1=O)S(=O)(=O)c1ccc(Cl)cc1. The maximum absolute atomic E-state index is 13.0. The Labute approximate surface area is 163 Å². The largest absolute Gasteiger partial charge is 0.322 e. The van der Waals surface area contributed by atoms with Gasteiger partial charge < -0.3 is 4.98 Å². The smallest absolute Gasteiger partial charge is 0.252 e. The number of aromatic amines is 1. The summed E-state index contributed by atoms with van der Waals surface area (Å²) >= 11 is 5.87. The van der Waals surface area contributed by atoms with Crippen LogP contribution < -0.4 is 5.56 Å². The lowest BCUT2D eigenvalue weighted by Crippen LogP contribution is -2.33. The molecule has 5 nitrogen and oxygen atoms in total. The fourth-order valence-corrected chi connectivity index (χ4v) is 4.60. The van der Waals surface area contributed by atoms with E-state index in [1.807, 2.05) is 32.0 Å². The highest BCUT2D eigenvalue weighted by Crippen LogP contribution is 2.21. The fraction of sp³-hybridized carbons (Fsp3) is 0.250. The van der Waals surface area contributed by atoms with Crippen LogP contribution >= 0.6 is 11.6 Å². The third-order valence-electron chi connectivity index (χ3n) is 4.35. The van der Waals surface area contributed by atoms with Crippen molar-refractivity contribution in [2.24, 2.45) is 0 Å². The molecule has 0 unspecified atom stereocenters.